The van der Waals surface area contributed by atoms with Gasteiger partial charge in [-0.1, -0.05) is 17.4 Å². The summed E-state index contributed by atoms with van der Waals surface area (Å²) in [5, 5.41) is 4.47. The number of rotatable bonds is 6. The number of carbonyl (C=O) groups excluding carboxylic acids is 1. The van der Waals surface area contributed by atoms with Crippen LogP contribution in [0.3, 0.4) is 0 Å². The molecule has 12 heteroatoms. The van der Waals surface area contributed by atoms with Crippen molar-refractivity contribution in [2.45, 2.75) is 13.1 Å². The predicted octanol–water partition coefficient (Wildman–Crippen LogP) is 4.22. The van der Waals surface area contributed by atoms with Gasteiger partial charge < -0.3 is 9.88 Å². The molecule has 0 bridgehead atoms. The number of aromatic nitrogens is 4. The van der Waals surface area contributed by atoms with Gasteiger partial charge in [0, 0.05) is 17.5 Å². The zero-order chi connectivity index (χ0) is 22.1. The summed E-state index contributed by atoms with van der Waals surface area (Å²) in [6.07, 6.45) is 2.95. The van der Waals surface area contributed by atoms with E-state index in [1.54, 1.807) is 16.0 Å². The summed E-state index contributed by atoms with van der Waals surface area (Å²) < 4.78 is 30.3. The van der Waals surface area contributed by atoms with Crippen LogP contribution in [0.2, 0.25) is 0 Å². The van der Waals surface area contributed by atoms with E-state index in [0.717, 1.165) is 34.8 Å². The van der Waals surface area contributed by atoms with Gasteiger partial charge in [0.05, 0.1) is 5.69 Å². The number of fused-ring (bicyclic) bond motifs is 1. The van der Waals surface area contributed by atoms with Crippen LogP contribution in [-0.4, -0.2) is 25.0 Å². The molecule has 3 aromatic heterocycles. The van der Waals surface area contributed by atoms with E-state index in [9.17, 15) is 18.4 Å². The number of halogens is 2. The van der Waals surface area contributed by atoms with Crippen molar-refractivity contribution in [2.24, 2.45) is 0 Å². The van der Waals surface area contributed by atoms with Gasteiger partial charge in [-0.2, -0.15) is 0 Å². The molecule has 0 unspecified atom stereocenters. The van der Waals surface area contributed by atoms with Gasteiger partial charge in [-0.05, 0) is 30.4 Å². The average molecular weight is 478 g/mol. The molecule has 1 amide bonds. The number of hydrogen-bond donors (Lipinski definition) is 1. The Morgan fingerprint density at radius 3 is 2.87 bits per heavy atom. The molecule has 1 N–H and O–H groups in total. The molecule has 0 fully saturated rings. The van der Waals surface area contributed by atoms with Gasteiger partial charge in [0.15, 0.2) is 26.4 Å². The molecular weight excluding hydrogens is 464 g/mol. The Labute approximate surface area is 187 Å². The topological polar surface area (TPSA) is 81.8 Å². The smallest absolute Gasteiger partial charge is 0.273 e. The third-order valence-corrected chi connectivity index (χ3v) is 6.42. The van der Waals surface area contributed by atoms with Gasteiger partial charge in [-0.15, -0.1) is 17.9 Å². The van der Waals surface area contributed by atoms with E-state index in [1.807, 2.05) is 0 Å². The van der Waals surface area contributed by atoms with Crippen molar-refractivity contribution >= 4 is 56.3 Å². The van der Waals surface area contributed by atoms with Crippen molar-refractivity contribution in [3.63, 3.8) is 0 Å². The monoisotopic (exact) mass is 477 g/mol. The van der Waals surface area contributed by atoms with Crippen LogP contribution in [0.1, 0.15) is 0 Å². The van der Waals surface area contributed by atoms with Gasteiger partial charge in [-0.3, -0.25) is 14.2 Å². The fraction of sp³-hybridized carbons (Fsp3) is 0.105. The lowest BCUT2D eigenvalue weighted by Crippen LogP contribution is -2.27. The van der Waals surface area contributed by atoms with Gasteiger partial charge in [0.25, 0.3) is 5.56 Å². The Kier molecular flexibility index (Phi) is 5.85. The van der Waals surface area contributed by atoms with Crippen LogP contribution in [0.15, 0.2) is 47.4 Å². The number of thiazole rings is 2. The molecule has 0 atom stereocenters. The number of allylic oxidation sites excluding steroid dienone is 1. The lowest BCUT2D eigenvalue weighted by Gasteiger charge is -2.05. The van der Waals surface area contributed by atoms with E-state index in [2.05, 4.69) is 21.9 Å². The lowest BCUT2D eigenvalue weighted by atomic mass is 10.2. The standard InChI is InChI=1S/C19H13F2N5O2S3/c1-2-5-26-16-15(31-19(26)29)17(28)25(9-22-16)7-14(27)24-18-23-13(8-30-18)10-3-4-11(20)12(21)6-10/h2-4,6,8-9H,1,5,7H2,(H,23,24,27). The molecule has 31 heavy (non-hydrogen) atoms. The maximum Gasteiger partial charge on any atom is 0.273 e. The number of nitrogens with zero attached hydrogens (tertiary/aromatic N) is 4. The number of amides is 1. The van der Waals surface area contributed by atoms with Crippen LogP contribution in [0.25, 0.3) is 21.6 Å². The zero-order valence-electron chi connectivity index (χ0n) is 15.7. The Hall–Kier alpha value is -3.09. The fourth-order valence-corrected chi connectivity index (χ4v) is 4.86. The van der Waals surface area contributed by atoms with Crippen LogP contribution in [0, 0.1) is 15.6 Å². The minimum atomic E-state index is -0.983. The first-order chi connectivity index (χ1) is 14.9. The molecule has 3 heterocycles. The number of nitrogens with one attached hydrogen (secondary N) is 1. The van der Waals surface area contributed by atoms with Crippen LogP contribution in [0.5, 0.6) is 0 Å². The van der Waals surface area contributed by atoms with Gasteiger partial charge in [0.1, 0.15) is 17.6 Å². The molecule has 0 aliphatic carbocycles. The highest BCUT2D eigenvalue weighted by Crippen LogP contribution is 2.26. The van der Waals surface area contributed by atoms with Gasteiger partial charge >= 0.3 is 0 Å². The summed E-state index contributed by atoms with van der Waals surface area (Å²) >= 11 is 7.52. The lowest BCUT2D eigenvalue weighted by molar-refractivity contribution is -0.116. The summed E-state index contributed by atoms with van der Waals surface area (Å²) in [6, 6.07) is 3.44. The second-order valence-corrected chi connectivity index (χ2v) is 8.81. The van der Waals surface area contributed by atoms with Crippen molar-refractivity contribution < 1.29 is 13.6 Å². The average Bonchev–Trinajstić information content (AvgIpc) is 3.32. The second kappa shape index (κ2) is 8.57. The molecule has 0 radical (unpaired) electrons. The van der Waals surface area contributed by atoms with Crippen LogP contribution in [-0.2, 0) is 17.9 Å². The first-order valence-electron chi connectivity index (χ1n) is 8.78. The van der Waals surface area contributed by atoms with E-state index in [-0.39, 0.29) is 17.2 Å². The Bertz CT molecular complexity index is 1440. The summed E-state index contributed by atoms with van der Waals surface area (Å²) in [5.74, 6) is -2.42. The van der Waals surface area contributed by atoms with E-state index < -0.39 is 17.5 Å². The minimum Gasteiger partial charge on any atom is -0.304 e. The third kappa shape index (κ3) is 4.22. The van der Waals surface area contributed by atoms with Crippen molar-refractivity contribution in [1.82, 2.24) is 19.1 Å². The largest absolute Gasteiger partial charge is 0.304 e. The summed E-state index contributed by atoms with van der Waals surface area (Å²) in [4.78, 5) is 33.6. The Balaban J connectivity index is 1.52. The summed E-state index contributed by atoms with van der Waals surface area (Å²) in [6.45, 7) is 3.83. The highest BCUT2D eigenvalue weighted by Gasteiger charge is 2.15. The van der Waals surface area contributed by atoms with Crippen LogP contribution >= 0.6 is 34.9 Å². The SMILES string of the molecule is C=CCn1c(=S)sc2c(=O)n(CC(=O)Nc3nc(-c4ccc(F)c(F)c4)cs3)cnc21. The predicted molar refractivity (Wildman–Crippen MR) is 119 cm³/mol. The van der Waals surface area contributed by atoms with Gasteiger partial charge in [-0.25, -0.2) is 18.7 Å². The highest BCUT2D eigenvalue weighted by atomic mass is 32.1. The van der Waals surface area contributed by atoms with Crippen molar-refractivity contribution in [3.8, 4) is 11.3 Å². The van der Waals surface area contributed by atoms with E-state index >= 15 is 0 Å². The van der Waals surface area contributed by atoms with Crippen molar-refractivity contribution in [3.05, 3.63) is 68.5 Å². The number of anilines is 1. The molecule has 4 aromatic rings. The van der Waals surface area contributed by atoms with Gasteiger partial charge in [0.2, 0.25) is 5.91 Å². The minimum absolute atomic E-state index is 0.264. The molecule has 0 spiro atoms. The van der Waals surface area contributed by atoms with E-state index in [0.29, 0.717) is 32.1 Å². The van der Waals surface area contributed by atoms with Crippen LogP contribution < -0.4 is 10.9 Å². The molecule has 158 valence electrons. The second-order valence-electron chi connectivity index (χ2n) is 6.31. The molecule has 4 rings (SSSR count). The number of carbonyl (C=O) groups is 1. The first kappa shape index (κ1) is 21.2. The summed E-state index contributed by atoms with van der Waals surface area (Å²) in [5.41, 5.74) is 0.850. The first-order valence-corrected chi connectivity index (χ1v) is 10.9. The summed E-state index contributed by atoms with van der Waals surface area (Å²) in [7, 11) is 0. The Morgan fingerprint density at radius 2 is 2.13 bits per heavy atom. The molecule has 0 aliphatic rings. The molecule has 1 aromatic carbocycles. The molecule has 0 saturated heterocycles. The zero-order valence-corrected chi connectivity index (χ0v) is 18.1. The Morgan fingerprint density at radius 1 is 1.32 bits per heavy atom. The van der Waals surface area contributed by atoms with E-state index in [4.69, 9.17) is 12.2 Å². The highest BCUT2D eigenvalue weighted by molar-refractivity contribution is 7.73. The molecular formula is C19H13F2N5O2S3. The number of benzene rings is 1. The third-order valence-electron chi connectivity index (χ3n) is 4.23. The van der Waals surface area contributed by atoms with Crippen LogP contribution in [0.4, 0.5) is 13.9 Å². The molecule has 0 aliphatic heterocycles. The fourth-order valence-electron chi connectivity index (χ4n) is 2.81. The van der Waals surface area contributed by atoms with Crippen molar-refractivity contribution in [2.75, 3.05) is 5.32 Å². The molecule has 7 nitrogen and oxygen atoms in total. The molecule has 0 saturated carbocycles. The quantitative estimate of drug-likeness (QED) is 0.332. The number of hydrogen-bond acceptors (Lipinski definition) is 7. The normalized spacial score (nSPS) is 11.0. The maximum absolute atomic E-state index is 13.4. The van der Waals surface area contributed by atoms with Crippen molar-refractivity contribution in [1.29, 1.82) is 0 Å². The maximum atomic E-state index is 13.4. The van der Waals surface area contributed by atoms with E-state index in [1.165, 1.54) is 17.0 Å².